The lowest BCUT2D eigenvalue weighted by molar-refractivity contribution is -0.140. The van der Waals surface area contributed by atoms with Gasteiger partial charge in [0.1, 0.15) is 11.6 Å². The first-order valence-electron chi connectivity index (χ1n) is 6.66. The molecule has 1 aromatic carbocycles. The van der Waals surface area contributed by atoms with E-state index < -0.39 is 17.5 Å². The summed E-state index contributed by atoms with van der Waals surface area (Å²) in [6, 6.07) is 5.66. The Morgan fingerprint density at radius 2 is 2.15 bits per heavy atom. The number of rotatable bonds is 6. The second kappa shape index (κ2) is 6.70. The average Bonchev–Trinajstić information content (AvgIpc) is 2.34. The molecule has 0 aliphatic rings. The number of hydrogen-bond acceptors (Lipinski definition) is 3. The van der Waals surface area contributed by atoms with Crippen molar-refractivity contribution in [2.24, 2.45) is 0 Å². The Labute approximate surface area is 119 Å². The molecular formula is C15H22FNO3. The highest BCUT2D eigenvalue weighted by atomic mass is 19.1. The van der Waals surface area contributed by atoms with Crippen LogP contribution >= 0.6 is 0 Å². The Bertz CT molecular complexity index is 457. The van der Waals surface area contributed by atoms with E-state index in [1.54, 1.807) is 26.8 Å². The van der Waals surface area contributed by atoms with Crippen LogP contribution in [0, 0.1) is 5.82 Å². The zero-order chi connectivity index (χ0) is 15.3. The quantitative estimate of drug-likeness (QED) is 0.871. The molecule has 1 aromatic rings. The number of carbonyl (C=O) groups is 1. The topological polar surface area (TPSA) is 49.8 Å². The highest BCUT2D eigenvalue weighted by Gasteiger charge is 2.26. The van der Waals surface area contributed by atoms with Crippen molar-refractivity contribution < 1.29 is 19.0 Å². The standard InChI is InChI=1S/C15H22FNO3/c1-5-17(10-15(3,4)19)14(18)11(2)20-13-8-6-7-12(16)9-13/h6-9,11,19H,5,10H2,1-4H3. The van der Waals surface area contributed by atoms with Crippen LogP contribution < -0.4 is 4.74 Å². The van der Waals surface area contributed by atoms with E-state index in [0.29, 0.717) is 12.3 Å². The molecule has 5 heteroatoms. The lowest BCUT2D eigenvalue weighted by atomic mass is 10.1. The van der Waals surface area contributed by atoms with Crippen molar-refractivity contribution in [2.45, 2.75) is 39.4 Å². The zero-order valence-corrected chi connectivity index (χ0v) is 12.4. The SMILES string of the molecule is CCN(CC(C)(C)O)C(=O)C(C)Oc1cccc(F)c1. The van der Waals surface area contributed by atoms with Crippen LogP contribution in [-0.2, 0) is 4.79 Å². The van der Waals surface area contributed by atoms with Crippen LogP contribution in [-0.4, -0.2) is 40.7 Å². The van der Waals surface area contributed by atoms with Gasteiger partial charge in [-0.1, -0.05) is 6.07 Å². The molecule has 0 heterocycles. The molecule has 0 saturated heterocycles. The van der Waals surface area contributed by atoms with Crippen LogP contribution in [0.25, 0.3) is 0 Å². The molecule has 0 aromatic heterocycles. The number of halogens is 1. The zero-order valence-electron chi connectivity index (χ0n) is 12.4. The molecule has 20 heavy (non-hydrogen) atoms. The minimum atomic E-state index is -0.968. The highest BCUT2D eigenvalue weighted by Crippen LogP contribution is 2.15. The maximum atomic E-state index is 13.1. The van der Waals surface area contributed by atoms with Crippen molar-refractivity contribution in [1.29, 1.82) is 0 Å². The molecule has 0 bridgehead atoms. The smallest absolute Gasteiger partial charge is 0.263 e. The van der Waals surface area contributed by atoms with E-state index in [0.717, 1.165) is 0 Å². The first-order valence-corrected chi connectivity index (χ1v) is 6.66. The van der Waals surface area contributed by atoms with Crippen LogP contribution in [0.1, 0.15) is 27.7 Å². The van der Waals surface area contributed by atoms with Crippen molar-refractivity contribution in [3.63, 3.8) is 0 Å². The normalized spacial score (nSPS) is 12.9. The van der Waals surface area contributed by atoms with Gasteiger partial charge in [-0.05, 0) is 39.8 Å². The lowest BCUT2D eigenvalue weighted by Gasteiger charge is -2.30. The summed E-state index contributed by atoms with van der Waals surface area (Å²) in [6.45, 7) is 7.42. The van der Waals surface area contributed by atoms with Crippen molar-refractivity contribution in [3.05, 3.63) is 30.1 Å². The maximum Gasteiger partial charge on any atom is 0.263 e. The first kappa shape index (κ1) is 16.4. The molecule has 0 radical (unpaired) electrons. The van der Waals surface area contributed by atoms with E-state index in [1.807, 2.05) is 6.92 Å². The number of amides is 1. The summed E-state index contributed by atoms with van der Waals surface area (Å²) in [7, 11) is 0. The van der Waals surface area contributed by atoms with Crippen LogP contribution in [0.3, 0.4) is 0 Å². The summed E-state index contributed by atoms with van der Waals surface area (Å²) in [6.07, 6.45) is -0.737. The first-order chi connectivity index (χ1) is 9.23. The third kappa shape index (κ3) is 5.17. The van der Waals surface area contributed by atoms with E-state index in [2.05, 4.69) is 0 Å². The average molecular weight is 283 g/mol. The Morgan fingerprint density at radius 1 is 1.50 bits per heavy atom. The van der Waals surface area contributed by atoms with Gasteiger partial charge in [0, 0.05) is 19.2 Å². The van der Waals surface area contributed by atoms with Gasteiger partial charge in [0.05, 0.1) is 5.60 Å². The van der Waals surface area contributed by atoms with Gasteiger partial charge >= 0.3 is 0 Å². The summed E-state index contributed by atoms with van der Waals surface area (Å²) in [4.78, 5) is 13.8. The molecule has 0 saturated carbocycles. The van der Waals surface area contributed by atoms with Crippen LogP contribution in [0.15, 0.2) is 24.3 Å². The molecule has 4 nitrogen and oxygen atoms in total. The predicted octanol–water partition coefficient (Wildman–Crippen LogP) is 2.21. The Morgan fingerprint density at radius 3 is 2.65 bits per heavy atom. The molecule has 0 spiro atoms. The Kier molecular flexibility index (Phi) is 5.51. The number of hydrogen-bond donors (Lipinski definition) is 1. The summed E-state index contributed by atoms with van der Waals surface area (Å²) in [5, 5.41) is 9.79. The van der Waals surface area contributed by atoms with E-state index in [9.17, 15) is 14.3 Å². The molecule has 0 aliphatic heterocycles. The van der Waals surface area contributed by atoms with Crippen molar-refractivity contribution in [3.8, 4) is 5.75 Å². The summed E-state index contributed by atoms with van der Waals surface area (Å²) >= 11 is 0. The fourth-order valence-corrected chi connectivity index (χ4v) is 1.86. The van der Waals surface area contributed by atoms with Crippen molar-refractivity contribution >= 4 is 5.91 Å². The molecule has 0 aliphatic carbocycles. The summed E-state index contributed by atoms with van der Waals surface area (Å²) in [5.74, 6) is -0.338. The highest BCUT2D eigenvalue weighted by molar-refractivity contribution is 5.81. The fraction of sp³-hybridized carbons (Fsp3) is 0.533. The van der Waals surface area contributed by atoms with Crippen LogP contribution in [0.5, 0.6) is 5.75 Å². The van der Waals surface area contributed by atoms with Gasteiger partial charge in [-0.15, -0.1) is 0 Å². The molecule has 1 N–H and O–H groups in total. The van der Waals surface area contributed by atoms with Crippen molar-refractivity contribution in [1.82, 2.24) is 4.90 Å². The third-order valence-corrected chi connectivity index (χ3v) is 2.73. The monoisotopic (exact) mass is 283 g/mol. The van der Waals surface area contributed by atoms with Gasteiger partial charge in [-0.2, -0.15) is 0 Å². The molecule has 1 atom stereocenters. The van der Waals surface area contributed by atoms with E-state index in [-0.39, 0.29) is 12.5 Å². The molecule has 1 amide bonds. The largest absolute Gasteiger partial charge is 0.481 e. The minimum absolute atomic E-state index is 0.221. The van der Waals surface area contributed by atoms with Gasteiger partial charge in [0.15, 0.2) is 6.10 Å². The number of benzene rings is 1. The van der Waals surface area contributed by atoms with Gasteiger partial charge in [-0.3, -0.25) is 4.79 Å². The van der Waals surface area contributed by atoms with Gasteiger partial charge in [0.2, 0.25) is 0 Å². The maximum absolute atomic E-state index is 13.1. The number of likely N-dealkylation sites (N-methyl/N-ethyl adjacent to an activating group) is 1. The lowest BCUT2D eigenvalue weighted by Crippen LogP contribution is -2.47. The van der Waals surface area contributed by atoms with E-state index in [4.69, 9.17) is 4.74 Å². The molecule has 0 fully saturated rings. The van der Waals surface area contributed by atoms with Crippen LogP contribution in [0.2, 0.25) is 0 Å². The molecular weight excluding hydrogens is 261 g/mol. The van der Waals surface area contributed by atoms with Gasteiger partial charge in [0.25, 0.3) is 5.91 Å². The van der Waals surface area contributed by atoms with Crippen LogP contribution in [0.4, 0.5) is 4.39 Å². The number of carbonyl (C=O) groups excluding carboxylic acids is 1. The van der Waals surface area contributed by atoms with E-state index in [1.165, 1.54) is 23.1 Å². The fourth-order valence-electron chi connectivity index (χ4n) is 1.86. The molecule has 1 unspecified atom stereocenters. The molecule has 112 valence electrons. The van der Waals surface area contributed by atoms with Crippen molar-refractivity contribution in [2.75, 3.05) is 13.1 Å². The molecule has 1 rings (SSSR count). The number of aliphatic hydroxyl groups is 1. The summed E-state index contributed by atoms with van der Waals surface area (Å²) < 4.78 is 18.5. The van der Waals surface area contributed by atoms with Gasteiger partial charge < -0.3 is 14.7 Å². The number of nitrogens with zero attached hydrogens (tertiary/aromatic N) is 1. The minimum Gasteiger partial charge on any atom is -0.481 e. The predicted molar refractivity (Wildman–Crippen MR) is 75.0 cm³/mol. The van der Waals surface area contributed by atoms with E-state index >= 15 is 0 Å². The second-order valence-corrected chi connectivity index (χ2v) is 5.38. The Hall–Kier alpha value is -1.62. The van der Waals surface area contributed by atoms with Gasteiger partial charge in [-0.25, -0.2) is 4.39 Å². The second-order valence-electron chi connectivity index (χ2n) is 5.38. The summed E-state index contributed by atoms with van der Waals surface area (Å²) in [5.41, 5.74) is -0.968. The third-order valence-electron chi connectivity index (χ3n) is 2.73. The number of ether oxygens (including phenoxy) is 1. The Balaban J connectivity index is 2.70.